The molecule has 28 heavy (non-hydrogen) atoms. The normalized spacial score (nSPS) is 12.9. The molecule has 1 unspecified atom stereocenters. The van der Waals surface area contributed by atoms with Gasteiger partial charge in [-0.25, -0.2) is 18.1 Å². The van der Waals surface area contributed by atoms with E-state index in [0.717, 1.165) is 5.56 Å². The lowest BCUT2D eigenvalue weighted by atomic mass is 10.2. The number of oxazole rings is 1. The Bertz CT molecular complexity index is 1100. The third-order valence-corrected chi connectivity index (χ3v) is 5.70. The Morgan fingerprint density at radius 2 is 1.96 bits per heavy atom. The first-order valence-electron chi connectivity index (χ1n) is 8.58. The number of aromatic nitrogens is 3. The Morgan fingerprint density at radius 1 is 1.14 bits per heavy atom. The lowest BCUT2D eigenvalue weighted by molar-refractivity contribution is 0.402. The molecule has 1 N–H and O–H groups in total. The first-order chi connectivity index (χ1) is 13.5. The molecule has 3 heterocycles. The van der Waals surface area contributed by atoms with E-state index in [-0.39, 0.29) is 11.4 Å². The molecule has 0 saturated heterocycles. The van der Waals surface area contributed by atoms with Crippen LogP contribution in [0, 0.1) is 6.92 Å². The van der Waals surface area contributed by atoms with Crippen LogP contribution in [0.1, 0.15) is 17.7 Å². The number of nitrogens with zero attached hydrogens (tertiary/aromatic N) is 3. The molecule has 0 fully saturated rings. The first-order valence-corrected chi connectivity index (χ1v) is 10.1. The van der Waals surface area contributed by atoms with Crippen molar-refractivity contribution in [1.82, 2.24) is 19.5 Å². The molecule has 8 nitrogen and oxygen atoms in total. The summed E-state index contributed by atoms with van der Waals surface area (Å²) >= 11 is 0. The highest BCUT2D eigenvalue weighted by Crippen LogP contribution is 2.22. The highest BCUT2D eigenvalue weighted by molar-refractivity contribution is 7.89. The second-order valence-electron chi connectivity index (χ2n) is 6.15. The molecule has 0 aliphatic carbocycles. The van der Waals surface area contributed by atoms with Crippen molar-refractivity contribution in [3.05, 3.63) is 79.0 Å². The number of benzene rings is 1. The van der Waals surface area contributed by atoms with Crippen LogP contribution in [0.2, 0.25) is 0 Å². The van der Waals surface area contributed by atoms with Gasteiger partial charge in [0.1, 0.15) is 23.8 Å². The van der Waals surface area contributed by atoms with Crippen molar-refractivity contribution in [1.29, 1.82) is 0 Å². The number of rotatable bonds is 7. The average molecular weight is 398 g/mol. The van der Waals surface area contributed by atoms with Crippen LogP contribution >= 0.6 is 0 Å². The predicted molar refractivity (Wildman–Crippen MR) is 101 cm³/mol. The average Bonchev–Trinajstić information content (AvgIpc) is 3.45. The van der Waals surface area contributed by atoms with Gasteiger partial charge in [-0.3, -0.25) is 4.68 Å². The van der Waals surface area contributed by atoms with Crippen LogP contribution in [0.15, 0.2) is 81.1 Å². The van der Waals surface area contributed by atoms with Crippen LogP contribution in [-0.4, -0.2) is 29.7 Å². The van der Waals surface area contributed by atoms with Gasteiger partial charge < -0.3 is 8.83 Å². The minimum atomic E-state index is -3.71. The zero-order valence-corrected chi connectivity index (χ0v) is 15.8. The van der Waals surface area contributed by atoms with Gasteiger partial charge in [0.05, 0.1) is 11.2 Å². The van der Waals surface area contributed by atoms with E-state index >= 15 is 0 Å². The van der Waals surface area contributed by atoms with Crippen LogP contribution < -0.4 is 4.72 Å². The zero-order valence-electron chi connectivity index (χ0n) is 15.0. The number of nitrogens with one attached hydrogen (secondary N) is 1. The van der Waals surface area contributed by atoms with E-state index < -0.39 is 16.1 Å². The number of furan rings is 1. The molecule has 0 saturated carbocycles. The fourth-order valence-electron chi connectivity index (χ4n) is 2.84. The molecule has 1 atom stereocenters. The van der Waals surface area contributed by atoms with Crippen LogP contribution in [-0.2, 0) is 10.0 Å². The summed E-state index contributed by atoms with van der Waals surface area (Å²) in [6.45, 7) is 1.85. The van der Waals surface area contributed by atoms with Gasteiger partial charge in [-0.1, -0.05) is 12.1 Å². The van der Waals surface area contributed by atoms with Crippen molar-refractivity contribution < 1.29 is 17.3 Å². The highest BCUT2D eigenvalue weighted by Gasteiger charge is 2.21. The largest absolute Gasteiger partial charge is 0.467 e. The summed E-state index contributed by atoms with van der Waals surface area (Å²) < 4.78 is 40.4. The predicted octanol–water partition coefficient (Wildman–Crippen LogP) is 3.01. The standard InChI is InChI=1S/C19H18N4O4S/c1-14-22-17(13-27-14)15-5-7-16(8-6-15)28(24,25)21-12-18(19-4-2-11-26-19)23-10-3-9-20-23/h2-11,13,18,21H,12H2,1H3. The zero-order chi connectivity index (χ0) is 19.6. The van der Waals surface area contributed by atoms with E-state index in [9.17, 15) is 8.42 Å². The monoisotopic (exact) mass is 398 g/mol. The Labute approximate surface area is 161 Å². The van der Waals surface area contributed by atoms with Crippen LogP contribution in [0.3, 0.4) is 0 Å². The maximum absolute atomic E-state index is 12.7. The van der Waals surface area contributed by atoms with E-state index in [1.807, 2.05) is 0 Å². The van der Waals surface area contributed by atoms with Gasteiger partial charge in [-0.2, -0.15) is 5.10 Å². The SMILES string of the molecule is Cc1nc(-c2ccc(S(=O)(=O)NCC(c3ccco3)n3cccn3)cc2)co1. The quantitative estimate of drug-likeness (QED) is 0.513. The Kier molecular flexibility index (Phi) is 4.84. The van der Waals surface area contributed by atoms with Gasteiger partial charge in [0.2, 0.25) is 10.0 Å². The first kappa shape index (κ1) is 18.2. The summed E-state index contributed by atoms with van der Waals surface area (Å²) in [6.07, 6.45) is 6.48. The number of hydrogen-bond donors (Lipinski definition) is 1. The summed E-state index contributed by atoms with van der Waals surface area (Å²) in [7, 11) is -3.71. The maximum Gasteiger partial charge on any atom is 0.240 e. The van der Waals surface area contributed by atoms with Crippen molar-refractivity contribution in [2.75, 3.05) is 6.54 Å². The topological polar surface area (TPSA) is 103 Å². The van der Waals surface area contributed by atoms with Crippen molar-refractivity contribution >= 4 is 10.0 Å². The third-order valence-electron chi connectivity index (χ3n) is 4.26. The van der Waals surface area contributed by atoms with Gasteiger partial charge >= 0.3 is 0 Å². The summed E-state index contributed by atoms with van der Waals surface area (Å²) in [5, 5.41) is 4.20. The smallest absolute Gasteiger partial charge is 0.240 e. The van der Waals surface area contributed by atoms with Crippen molar-refractivity contribution in [2.24, 2.45) is 0 Å². The molecule has 4 aromatic rings. The molecular weight excluding hydrogens is 380 g/mol. The van der Waals surface area contributed by atoms with Crippen molar-refractivity contribution in [3.63, 3.8) is 0 Å². The summed E-state index contributed by atoms with van der Waals surface area (Å²) in [6, 6.07) is 11.4. The van der Waals surface area contributed by atoms with Gasteiger partial charge in [0.25, 0.3) is 0 Å². The van der Waals surface area contributed by atoms with E-state index in [1.165, 1.54) is 18.4 Å². The fraction of sp³-hybridized carbons (Fsp3) is 0.158. The second kappa shape index (κ2) is 7.45. The lowest BCUT2D eigenvalue weighted by Gasteiger charge is -2.16. The van der Waals surface area contributed by atoms with Gasteiger partial charge in [-0.15, -0.1) is 0 Å². The maximum atomic E-state index is 12.7. The van der Waals surface area contributed by atoms with Gasteiger partial charge in [0.15, 0.2) is 5.89 Å². The summed E-state index contributed by atoms with van der Waals surface area (Å²) in [5.74, 6) is 1.17. The second-order valence-corrected chi connectivity index (χ2v) is 7.91. The summed E-state index contributed by atoms with van der Waals surface area (Å²) in [4.78, 5) is 4.40. The van der Waals surface area contributed by atoms with Crippen molar-refractivity contribution in [3.8, 4) is 11.3 Å². The molecule has 0 spiro atoms. The number of sulfonamides is 1. The molecule has 1 aromatic carbocycles. The fourth-order valence-corrected chi connectivity index (χ4v) is 3.88. The molecule has 0 aliphatic heterocycles. The van der Waals surface area contributed by atoms with Crippen LogP contribution in [0.5, 0.6) is 0 Å². The molecular formula is C19H18N4O4S. The van der Waals surface area contributed by atoms with Crippen molar-refractivity contribution in [2.45, 2.75) is 17.9 Å². The van der Waals surface area contributed by atoms with E-state index in [2.05, 4.69) is 14.8 Å². The van der Waals surface area contributed by atoms with Gasteiger partial charge in [0, 0.05) is 31.4 Å². The van der Waals surface area contributed by atoms with E-state index in [1.54, 1.807) is 60.6 Å². The summed E-state index contributed by atoms with van der Waals surface area (Å²) in [5.41, 5.74) is 1.44. The molecule has 4 rings (SSSR count). The molecule has 0 radical (unpaired) electrons. The highest BCUT2D eigenvalue weighted by atomic mass is 32.2. The molecule has 144 valence electrons. The Balaban J connectivity index is 1.52. The Hall–Kier alpha value is -3.17. The Morgan fingerprint density at radius 3 is 2.57 bits per heavy atom. The molecule has 0 amide bonds. The number of aryl methyl sites for hydroxylation is 1. The minimum Gasteiger partial charge on any atom is -0.467 e. The molecule has 0 bridgehead atoms. The molecule has 3 aromatic heterocycles. The third kappa shape index (κ3) is 3.75. The lowest BCUT2D eigenvalue weighted by Crippen LogP contribution is -2.31. The molecule has 0 aliphatic rings. The number of hydrogen-bond acceptors (Lipinski definition) is 6. The van der Waals surface area contributed by atoms with Gasteiger partial charge in [-0.05, 0) is 30.3 Å². The van der Waals surface area contributed by atoms with E-state index in [4.69, 9.17) is 8.83 Å². The minimum absolute atomic E-state index is 0.0990. The van der Waals surface area contributed by atoms with Crippen LogP contribution in [0.25, 0.3) is 11.3 Å². The van der Waals surface area contributed by atoms with Crippen LogP contribution in [0.4, 0.5) is 0 Å². The van der Waals surface area contributed by atoms with E-state index in [0.29, 0.717) is 17.3 Å². The molecule has 9 heteroatoms.